The monoisotopic (exact) mass is 335 g/mol. The van der Waals surface area contributed by atoms with Crippen molar-refractivity contribution in [3.63, 3.8) is 0 Å². The van der Waals surface area contributed by atoms with Crippen LogP contribution in [0, 0.1) is 0 Å². The zero-order chi connectivity index (χ0) is 17.2. The Morgan fingerprint density at radius 1 is 1.12 bits per heavy atom. The van der Waals surface area contributed by atoms with Gasteiger partial charge in [-0.3, -0.25) is 0 Å². The highest BCUT2D eigenvalue weighted by molar-refractivity contribution is 5.99. The van der Waals surface area contributed by atoms with E-state index in [4.69, 9.17) is 4.74 Å². The van der Waals surface area contributed by atoms with Gasteiger partial charge in [0, 0.05) is 16.8 Å². The molecule has 2 aliphatic rings. The molecule has 0 aliphatic heterocycles. The smallest absolute Gasteiger partial charge is 0.335 e. The van der Waals surface area contributed by atoms with Crippen LogP contribution in [0.2, 0.25) is 0 Å². The second kappa shape index (κ2) is 6.91. The minimum Gasteiger partial charge on any atom is -0.463 e. The number of ether oxygens (including phenoxy) is 1. The van der Waals surface area contributed by atoms with E-state index >= 15 is 0 Å². The summed E-state index contributed by atoms with van der Waals surface area (Å²) in [6.45, 7) is 2.30. The first kappa shape index (κ1) is 16.2. The predicted octanol–water partition coefficient (Wildman–Crippen LogP) is 5.56. The zero-order valence-corrected chi connectivity index (χ0v) is 14.9. The van der Waals surface area contributed by atoms with Gasteiger partial charge in [0.1, 0.15) is 0 Å². The standard InChI is InChI=1S/C22H25NO2/c1-2-25-22(24)18-12-8-14-20(18)23-19-13-7-6-11-17(19)15-21(23)16-9-4-3-5-10-16/h6-7,9,11,13,15H,2-5,8,10,12,14H2,1H3. The Hall–Kier alpha value is -2.29. The molecule has 0 saturated heterocycles. The van der Waals surface area contributed by atoms with Gasteiger partial charge in [-0.05, 0) is 69.6 Å². The Balaban J connectivity index is 1.92. The average Bonchev–Trinajstić information content (AvgIpc) is 3.26. The highest BCUT2D eigenvalue weighted by atomic mass is 16.5. The van der Waals surface area contributed by atoms with E-state index in [-0.39, 0.29) is 5.97 Å². The third kappa shape index (κ3) is 2.92. The summed E-state index contributed by atoms with van der Waals surface area (Å²) in [5.41, 5.74) is 5.88. The number of esters is 1. The van der Waals surface area contributed by atoms with Gasteiger partial charge in [0.15, 0.2) is 0 Å². The maximum absolute atomic E-state index is 12.5. The van der Waals surface area contributed by atoms with Crippen molar-refractivity contribution in [2.24, 2.45) is 0 Å². The molecule has 0 amide bonds. The summed E-state index contributed by atoms with van der Waals surface area (Å²) in [4.78, 5) is 12.5. The van der Waals surface area contributed by atoms with Gasteiger partial charge in [0.2, 0.25) is 0 Å². The normalized spacial score (nSPS) is 17.9. The summed E-state index contributed by atoms with van der Waals surface area (Å²) >= 11 is 0. The number of aromatic nitrogens is 1. The molecule has 0 spiro atoms. The quantitative estimate of drug-likeness (QED) is 0.685. The first-order valence-corrected chi connectivity index (χ1v) is 9.49. The molecule has 3 heteroatoms. The van der Waals surface area contributed by atoms with Crippen molar-refractivity contribution in [3.8, 4) is 0 Å². The van der Waals surface area contributed by atoms with E-state index in [0.29, 0.717) is 6.61 Å². The van der Waals surface area contributed by atoms with Gasteiger partial charge in [-0.25, -0.2) is 4.79 Å². The zero-order valence-electron chi connectivity index (χ0n) is 14.9. The minimum atomic E-state index is -0.142. The molecule has 130 valence electrons. The van der Waals surface area contributed by atoms with Gasteiger partial charge in [0.05, 0.1) is 17.7 Å². The Labute approximate surface area is 149 Å². The van der Waals surface area contributed by atoms with Crippen molar-refractivity contribution in [1.29, 1.82) is 0 Å². The highest BCUT2D eigenvalue weighted by Gasteiger charge is 2.26. The van der Waals surface area contributed by atoms with Crippen molar-refractivity contribution in [3.05, 3.63) is 47.7 Å². The number of rotatable bonds is 4. The first-order chi connectivity index (χ1) is 12.3. The molecule has 25 heavy (non-hydrogen) atoms. The van der Waals surface area contributed by atoms with Crippen molar-refractivity contribution >= 4 is 28.1 Å². The van der Waals surface area contributed by atoms with E-state index in [1.807, 2.05) is 6.92 Å². The SMILES string of the molecule is CCOC(=O)C1=C(n2c(C3=CCCCC3)cc3ccccc32)CCC1. The Morgan fingerprint density at radius 3 is 2.80 bits per heavy atom. The van der Waals surface area contributed by atoms with Crippen LogP contribution in [0.3, 0.4) is 0 Å². The van der Waals surface area contributed by atoms with Crippen molar-refractivity contribution in [2.45, 2.75) is 51.9 Å². The van der Waals surface area contributed by atoms with E-state index in [0.717, 1.165) is 43.4 Å². The maximum atomic E-state index is 12.5. The molecular formula is C22H25NO2. The van der Waals surface area contributed by atoms with Gasteiger partial charge in [0.25, 0.3) is 0 Å². The average molecular weight is 335 g/mol. The second-order valence-corrected chi connectivity index (χ2v) is 6.90. The topological polar surface area (TPSA) is 31.2 Å². The molecule has 0 bridgehead atoms. The highest BCUT2D eigenvalue weighted by Crippen LogP contribution is 2.39. The summed E-state index contributed by atoms with van der Waals surface area (Å²) in [6.07, 6.45) is 9.96. The predicted molar refractivity (Wildman–Crippen MR) is 102 cm³/mol. The summed E-state index contributed by atoms with van der Waals surface area (Å²) in [5, 5.41) is 1.24. The van der Waals surface area contributed by atoms with E-state index in [2.05, 4.69) is 41.0 Å². The number of benzene rings is 1. The van der Waals surface area contributed by atoms with E-state index in [1.54, 1.807) is 0 Å². The van der Waals surface area contributed by atoms with E-state index in [9.17, 15) is 4.79 Å². The molecule has 1 aromatic heterocycles. The van der Waals surface area contributed by atoms with Crippen LogP contribution in [-0.2, 0) is 9.53 Å². The van der Waals surface area contributed by atoms with Crippen molar-refractivity contribution in [1.82, 2.24) is 4.57 Å². The van der Waals surface area contributed by atoms with E-state index in [1.165, 1.54) is 35.0 Å². The van der Waals surface area contributed by atoms with Crippen LogP contribution in [0.25, 0.3) is 22.2 Å². The molecule has 0 saturated carbocycles. The molecule has 4 rings (SSSR count). The van der Waals surface area contributed by atoms with Crippen LogP contribution in [0.4, 0.5) is 0 Å². The largest absolute Gasteiger partial charge is 0.463 e. The summed E-state index contributed by atoms with van der Waals surface area (Å²) in [6, 6.07) is 10.8. The van der Waals surface area contributed by atoms with Crippen LogP contribution >= 0.6 is 0 Å². The van der Waals surface area contributed by atoms with Gasteiger partial charge in [-0.15, -0.1) is 0 Å². The minimum absolute atomic E-state index is 0.142. The van der Waals surface area contributed by atoms with Gasteiger partial charge < -0.3 is 9.30 Å². The molecule has 3 nitrogen and oxygen atoms in total. The molecule has 0 N–H and O–H groups in total. The van der Waals surface area contributed by atoms with E-state index < -0.39 is 0 Å². The summed E-state index contributed by atoms with van der Waals surface area (Å²) < 4.78 is 7.67. The molecule has 2 aromatic rings. The van der Waals surface area contributed by atoms with Crippen LogP contribution < -0.4 is 0 Å². The van der Waals surface area contributed by atoms with Crippen molar-refractivity contribution in [2.75, 3.05) is 6.61 Å². The van der Waals surface area contributed by atoms with Gasteiger partial charge in [-0.2, -0.15) is 0 Å². The van der Waals surface area contributed by atoms with Gasteiger partial charge >= 0.3 is 5.97 Å². The van der Waals surface area contributed by atoms with Crippen molar-refractivity contribution < 1.29 is 9.53 Å². The Morgan fingerprint density at radius 2 is 2.00 bits per heavy atom. The lowest BCUT2D eigenvalue weighted by molar-refractivity contribution is -0.138. The number of para-hydroxylation sites is 1. The number of fused-ring (bicyclic) bond motifs is 1. The molecule has 2 aliphatic carbocycles. The number of allylic oxidation sites excluding steroid dienone is 3. The van der Waals surface area contributed by atoms with Gasteiger partial charge in [-0.1, -0.05) is 24.3 Å². The molecule has 0 atom stereocenters. The van der Waals surface area contributed by atoms with Crippen LogP contribution in [0.15, 0.2) is 42.0 Å². The fraction of sp³-hybridized carbons (Fsp3) is 0.409. The Kier molecular flexibility index (Phi) is 4.48. The lowest BCUT2D eigenvalue weighted by Gasteiger charge is -2.18. The number of hydrogen-bond acceptors (Lipinski definition) is 2. The number of carbonyl (C=O) groups is 1. The summed E-state index contributed by atoms with van der Waals surface area (Å²) in [5.74, 6) is -0.142. The first-order valence-electron chi connectivity index (χ1n) is 9.49. The van der Waals surface area contributed by atoms with Crippen LogP contribution in [0.1, 0.15) is 57.6 Å². The third-order valence-electron chi connectivity index (χ3n) is 5.31. The third-order valence-corrected chi connectivity index (χ3v) is 5.31. The summed E-state index contributed by atoms with van der Waals surface area (Å²) in [7, 11) is 0. The number of hydrogen-bond donors (Lipinski definition) is 0. The van der Waals surface area contributed by atoms with Crippen LogP contribution in [0.5, 0.6) is 0 Å². The lowest BCUT2D eigenvalue weighted by Crippen LogP contribution is -2.11. The lowest BCUT2D eigenvalue weighted by atomic mass is 9.97. The molecule has 1 heterocycles. The Bertz CT molecular complexity index is 869. The second-order valence-electron chi connectivity index (χ2n) is 6.90. The fourth-order valence-corrected chi connectivity index (χ4v) is 4.17. The molecule has 0 fully saturated rings. The number of carbonyl (C=O) groups excluding carboxylic acids is 1. The molecular weight excluding hydrogens is 310 g/mol. The number of nitrogens with zero attached hydrogens (tertiary/aromatic N) is 1. The maximum Gasteiger partial charge on any atom is 0.335 e. The molecule has 0 radical (unpaired) electrons. The molecule has 0 unspecified atom stereocenters. The molecule has 1 aromatic carbocycles. The van der Waals surface area contributed by atoms with Crippen LogP contribution in [-0.4, -0.2) is 17.1 Å². The fourth-order valence-electron chi connectivity index (χ4n) is 4.17.